The van der Waals surface area contributed by atoms with Gasteiger partial charge in [-0.2, -0.15) is 0 Å². The molecule has 0 nitrogen and oxygen atoms in total. The maximum atomic E-state index is 4.90. The van der Waals surface area contributed by atoms with Gasteiger partial charge in [0.2, 0.25) is 0 Å². The van der Waals surface area contributed by atoms with Crippen LogP contribution in [0.5, 0.6) is 0 Å². The van der Waals surface area contributed by atoms with Crippen molar-refractivity contribution < 1.29 is 0 Å². The van der Waals surface area contributed by atoms with Crippen LogP contribution < -0.4 is 0 Å². The second kappa shape index (κ2) is 2.23. The molecule has 0 saturated heterocycles. The summed E-state index contributed by atoms with van der Waals surface area (Å²) in [5, 5.41) is 0. The molecule has 0 heterocycles. The van der Waals surface area contributed by atoms with Crippen molar-refractivity contribution >= 4 is 17.1 Å². The van der Waals surface area contributed by atoms with Crippen molar-refractivity contribution in [3.8, 4) is 0 Å². The second-order valence-electron chi connectivity index (χ2n) is 1.78. The molecule has 1 radical (unpaired) electrons. The van der Waals surface area contributed by atoms with Crippen molar-refractivity contribution in [1.82, 2.24) is 0 Å². The van der Waals surface area contributed by atoms with E-state index in [0.29, 0.717) is 0 Å². The SMILES string of the molecule is [CH2]C1=CCC(=S)C=C1. The Morgan fingerprint density at radius 3 is 2.62 bits per heavy atom. The van der Waals surface area contributed by atoms with Gasteiger partial charge in [-0.05, 0) is 13.0 Å². The molecule has 0 atom stereocenters. The molecule has 1 rings (SSSR count). The maximum Gasteiger partial charge on any atom is 0.0190 e. The maximum absolute atomic E-state index is 4.90. The molecule has 0 amide bonds. The van der Waals surface area contributed by atoms with Gasteiger partial charge in [0, 0.05) is 11.3 Å². The molecule has 1 aliphatic rings. The highest BCUT2D eigenvalue weighted by atomic mass is 32.1. The Morgan fingerprint density at radius 1 is 1.50 bits per heavy atom. The molecular formula is C7H7S. The first-order valence-electron chi connectivity index (χ1n) is 2.52. The first-order chi connectivity index (χ1) is 3.79. The van der Waals surface area contributed by atoms with Gasteiger partial charge in [-0.3, -0.25) is 0 Å². The predicted molar refractivity (Wildman–Crippen MR) is 39.8 cm³/mol. The summed E-state index contributed by atoms with van der Waals surface area (Å²) in [6.45, 7) is 3.75. The van der Waals surface area contributed by atoms with Gasteiger partial charge in [-0.1, -0.05) is 29.9 Å². The Hall–Kier alpha value is -0.430. The Morgan fingerprint density at radius 2 is 2.25 bits per heavy atom. The first-order valence-corrected chi connectivity index (χ1v) is 2.93. The van der Waals surface area contributed by atoms with Gasteiger partial charge >= 0.3 is 0 Å². The summed E-state index contributed by atoms with van der Waals surface area (Å²) in [6.07, 6.45) is 6.79. The van der Waals surface area contributed by atoms with Crippen molar-refractivity contribution in [1.29, 1.82) is 0 Å². The summed E-state index contributed by atoms with van der Waals surface area (Å²) in [7, 11) is 0. The zero-order valence-electron chi connectivity index (χ0n) is 4.55. The number of hydrogen-bond donors (Lipinski definition) is 0. The van der Waals surface area contributed by atoms with Crippen LogP contribution in [0.3, 0.4) is 0 Å². The number of allylic oxidation sites excluding steroid dienone is 4. The smallest absolute Gasteiger partial charge is 0.0190 e. The number of hydrogen-bond acceptors (Lipinski definition) is 1. The molecule has 0 fully saturated rings. The lowest BCUT2D eigenvalue weighted by Gasteiger charge is -1.99. The highest BCUT2D eigenvalue weighted by molar-refractivity contribution is 7.80. The highest BCUT2D eigenvalue weighted by Gasteiger charge is 1.93. The molecule has 0 aromatic rings. The lowest BCUT2D eigenvalue weighted by Crippen LogP contribution is -1.90. The molecule has 1 aliphatic carbocycles. The van der Waals surface area contributed by atoms with Crippen LogP contribution in [0, 0.1) is 6.92 Å². The molecule has 8 heavy (non-hydrogen) atoms. The fraction of sp³-hybridized carbons (Fsp3) is 0.143. The molecule has 41 valence electrons. The molecule has 0 bridgehead atoms. The molecular weight excluding hydrogens is 116 g/mol. The van der Waals surface area contributed by atoms with Crippen LogP contribution in [0.25, 0.3) is 0 Å². The topological polar surface area (TPSA) is 0 Å². The van der Waals surface area contributed by atoms with Gasteiger partial charge in [0.1, 0.15) is 0 Å². The van der Waals surface area contributed by atoms with Crippen molar-refractivity contribution in [2.45, 2.75) is 6.42 Å². The van der Waals surface area contributed by atoms with E-state index < -0.39 is 0 Å². The van der Waals surface area contributed by atoms with E-state index in [1.54, 1.807) is 0 Å². The van der Waals surface area contributed by atoms with Crippen LogP contribution in [0.4, 0.5) is 0 Å². The standard InChI is InChI=1S/C7H7S/c1-6-2-4-7(8)5-3-6/h2-4H,1,5H2. The lowest BCUT2D eigenvalue weighted by atomic mass is 10.1. The minimum atomic E-state index is 0.894. The largest absolute Gasteiger partial charge is 0.0846 e. The van der Waals surface area contributed by atoms with E-state index in [-0.39, 0.29) is 0 Å². The van der Waals surface area contributed by atoms with Crippen LogP contribution >= 0.6 is 12.2 Å². The summed E-state index contributed by atoms with van der Waals surface area (Å²) in [6, 6.07) is 0. The lowest BCUT2D eigenvalue weighted by molar-refractivity contribution is 1.45. The molecule has 0 aromatic carbocycles. The summed E-state index contributed by atoms with van der Waals surface area (Å²) in [4.78, 5) is 0.998. The zero-order chi connectivity index (χ0) is 5.98. The van der Waals surface area contributed by atoms with Crippen molar-refractivity contribution in [2.24, 2.45) is 0 Å². The van der Waals surface area contributed by atoms with Crippen LogP contribution in [0.15, 0.2) is 23.8 Å². The minimum absolute atomic E-state index is 0.894. The summed E-state index contributed by atoms with van der Waals surface area (Å²) in [5.74, 6) is 0. The van der Waals surface area contributed by atoms with Gasteiger partial charge in [-0.25, -0.2) is 0 Å². The molecule has 0 spiro atoms. The highest BCUT2D eigenvalue weighted by Crippen LogP contribution is 2.05. The Labute approximate surface area is 54.9 Å². The Kier molecular flexibility index (Phi) is 1.59. The van der Waals surface area contributed by atoms with Crippen LogP contribution in [-0.2, 0) is 0 Å². The second-order valence-corrected chi connectivity index (χ2v) is 2.31. The average Bonchev–Trinajstić information content (AvgIpc) is 1.77. The Balaban J connectivity index is 2.71. The van der Waals surface area contributed by atoms with Crippen molar-refractivity contribution in [3.05, 3.63) is 30.7 Å². The monoisotopic (exact) mass is 123 g/mol. The van der Waals surface area contributed by atoms with E-state index >= 15 is 0 Å². The number of thiocarbonyl (C=S) groups is 1. The van der Waals surface area contributed by atoms with Gasteiger partial charge in [0.15, 0.2) is 0 Å². The summed E-state index contributed by atoms with van der Waals surface area (Å²) in [5.41, 5.74) is 1.07. The van der Waals surface area contributed by atoms with E-state index in [4.69, 9.17) is 12.2 Å². The van der Waals surface area contributed by atoms with Gasteiger partial charge < -0.3 is 0 Å². The average molecular weight is 123 g/mol. The third-order valence-electron chi connectivity index (χ3n) is 1.05. The van der Waals surface area contributed by atoms with E-state index in [1.807, 2.05) is 18.2 Å². The van der Waals surface area contributed by atoms with Crippen LogP contribution in [0.1, 0.15) is 6.42 Å². The predicted octanol–water partition coefficient (Wildman–Crippen LogP) is 2.08. The Bertz CT molecular complexity index is 160. The molecule has 0 aromatic heterocycles. The minimum Gasteiger partial charge on any atom is -0.0846 e. The van der Waals surface area contributed by atoms with Gasteiger partial charge in [0.25, 0.3) is 0 Å². The van der Waals surface area contributed by atoms with E-state index in [2.05, 4.69) is 6.92 Å². The van der Waals surface area contributed by atoms with E-state index in [0.717, 1.165) is 16.9 Å². The summed E-state index contributed by atoms with van der Waals surface area (Å²) < 4.78 is 0. The molecule has 0 unspecified atom stereocenters. The van der Waals surface area contributed by atoms with Crippen LogP contribution in [-0.4, -0.2) is 4.86 Å². The van der Waals surface area contributed by atoms with Crippen LogP contribution in [0.2, 0.25) is 0 Å². The molecule has 0 aliphatic heterocycles. The quantitative estimate of drug-likeness (QED) is 0.444. The molecule has 0 N–H and O–H groups in total. The van der Waals surface area contributed by atoms with Crippen molar-refractivity contribution in [3.63, 3.8) is 0 Å². The molecule has 1 heteroatoms. The fourth-order valence-electron chi connectivity index (χ4n) is 0.568. The third kappa shape index (κ3) is 1.27. The van der Waals surface area contributed by atoms with Gasteiger partial charge in [0.05, 0.1) is 0 Å². The van der Waals surface area contributed by atoms with E-state index in [9.17, 15) is 0 Å². The zero-order valence-corrected chi connectivity index (χ0v) is 5.37. The van der Waals surface area contributed by atoms with Gasteiger partial charge in [-0.15, -0.1) is 0 Å². The molecule has 0 saturated carbocycles. The normalized spacial score (nSPS) is 18.6. The van der Waals surface area contributed by atoms with Crippen molar-refractivity contribution in [2.75, 3.05) is 0 Å². The number of rotatable bonds is 0. The van der Waals surface area contributed by atoms with E-state index in [1.165, 1.54) is 0 Å². The first kappa shape index (κ1) is 5.70. The fourth-order valence-corrected chi connectivity index (χ4v) is 0.719. The third-order valence-corrected chi connectivity index (χ3v) is 1.35. The summed E-state index contributed by atoms with van der Waals surface area (Å²) >= 11 is 4.90.